The van der Waals surface area contributed by atoms with E-state index >= 15 is 0 Å². The van der Waals surface area contributed by atoms with Gasteiger partial charge in [-0.1, -0.05) is 42.5 Å². The smallest absolute Gasteiger partial charge is 0.166 e. The normalized spacial score (nSPS) is 13.1. The first-order chi connectivity index (χ1) is 11.1. The fourth-order valence-corrected chi connectivity index (χ4v) is 2.50. The van der Waals surface area contributed by atoms with Crippen LogP contribution >= 0.6 is 0 Å². The van der Waals surface area contributed by atoms with Gasteiger partial charge in [0.05, 0.1) is 17.5 Å². The van der Waals surface area contributed by atoms with Gasteiger partial charge in [-0.3, -0.25) is 10.2 Å². The molecule has 0 aliphatic heterocycles. The van der Waals surface area contributed by atoms with E-state index in [1.54, 1.807) is 19.2 Å². The summed E-state index contributed by atoms with van der Waals surface area (Å²) >= 11 is 0. The van der Waals surface area contributed by atoms with Crippen LogP contribution < -0.4 is 16.8 Å². The maximum absolute atomic E-state index is 11.3. The predicted molar refractivity (Wildman–Crippen MR) is 93.2 cm³/mol. The van der Waals surface area contributed by atoms with E-state index in [9.17, 15) is 4.79 Å². The number of hydrogen-bond donors (Lipinski definition) is 4. The number of carbonyl (C=O) groups excluding carboxylic acids is 1. The van der Waals surface area contributed by atoms with Crippen molar-refractivity contribution in [2.45, 2.75) is 6.04 Å². The summed E-state index contributed by atoms with van der Waals surface area (Å²) in [6, 6.07) is 16.1. The molecule has 1 atom stereocenters. The Hall–Kier alpha value is -2.92. The Balaban J connectivity index is 2.54. The lowest BCUT2D eigenvalue weighted by molar-refractivity contribution is -0.105. The lowest BCUT2D eigenvalue weighted by Gasteiger charge is -2.22. The highest BCUT2D eigenvalue weighted by Crippen LogP contribution is 2.27. The summed E-state index contributed by atoms with van der Waals surface area (Å²) in [5.41, 5.74) is 14.6. The summed E-state index contributed by atoms with van der Waals surface area (Å²) < 4.78 is 0. The van der Waals surface area contributed by atoms with Crippen molar-refractivity contribution in [1.82, 2.24) is 5.32 Å². The second-order valence-electron chi connectivity index (χ2n) is 5.12. The number of aldehydes is 1. The summed E-state index contributed by atoms with van der Waals surface area (Å²) in [6.45, 7) is 0. The number of nitrogens with one attached hydrogen (secondary N) is 2. The Kier molecular flexibility index (Phi) is 5.28. The highest BCUT2D eigenvalue weighted by Gasteiger charge is 2.23. The van der Waals surface area contributed by atoms with Crippen molar-refractivity contribution in [3.63, 3.8) is 0 Å². The molecule has 0 amide bonds. The fraction of sp³-hybridized carbons (Fsp3) is 0.111. The Labute approximate surface area is 135 Å². The highest BCUT2D eigenvalue weighted by molar-refractivity contribution is 6.13. The largest absolute Gasteiger partial charge is 0.399 e. The SMILES string of the molecule is CNC(/C(C(=N)c1ccccc1)=C(/N)C=O)c1cccc(N)c1. The lowest BCUT2D eigenvalue weighted by atomic mass is 9.90. The molecule has 2 aromatic rings. The second-order valence-corrected chi connectivity index (χ2v) is 5.12. The van der Waals surface area contributed by atoms with Crippen molar-refractivity contribution in [2.24, 2.45) is 5.73 Å². The number of hydrogen-bond acceptors (Lipinski definition) is 5. The first-order valence-corrected chi connectivity index (χ1v) is 7.20. The molecule has 0 heterocycles. The van der Waals surface area contributed by atoms with Crippen LogP contribution in [0.5, 0.6) is 0 Å². The van der Waals surface area contributed by atoms with Crippen molar-refractivity contribution in [3.05, 3.63) is 77.0 Å². The fourth-order valence-electron chi connectivity index (χ4n) is 2.50. The highest BCUT2D eigenvalue weighted by atomic mass is 16.1. The van der Waals surface area contributed by atoms with Crippen LogP contribution in [0.25, 0.3) is 0 Å². The number of benzene rings is 2. The summed E-state index contributed by atoms with van der Waals surface area (Å²) in [5, 5.41) is 11.6. The van der Waals surface area contributed by atoms with E-state index in [4.69, 9.17) is 16.9 Å². The van der Waals surface area contributed by atoms with Gasteiger partial charge in [0, 0.05) is 11.3 Å². The van der Waals surface area contributed by atoms with Crippen LogP contribution in [0.4, 0.5) is 5.69 Å². The van der Waals surface area contributed by atoms with Crippen LogP contribution in [0.15, 0.2) is 65.9 Å². The number of rotatable bonds is 6. The van der Waals surface area contributed by atoms with Gasteiger partial charge in [-0.05, 0) is 30.3 Å². The molecule has 0 fully saturated rings. The molecule has 1 unspecified atom stereocenters. The van der Waals surface area contributed by atoms with Gasteiger partial charge in [0.2, 0.25) is 0 Å². The third-order valence-electron chi connectivity index (χ3n) is 3.59. The minimum atomic E-state index is -0.406. The Morgan fingerprint density at radius 2 is 1.87 bits per heavy atom. The van der Waals surface area contributed by atoms with Gasteiger partial charge in [-0.25, -0.2) is 0 Å². The Bertz CT molecular complexity index is 738. The van der Waals surface area contributed by atoms with E-state index in [-0.39, 0.29) is 11.4 Å². The maximum Gasteiger partial charge on any atom is 0.166 e. The number of likely N-dealkylation sites (N-methyl/N-ethyl adjacent to an activating group) is 1. The molecule has 5 heteroatoms. The van der Waals surface area contributed by atoms with E-state index in [2.05, 4.69) is 5.32 Å². The van der Waals surface area contributed by atoms with Crippen LogP contribution in [0.2, 0.25) is 0 Å². The van der Waals surface area contributed by atoms with Gasteiger partial charge in [0.1, 0.15) is 0 Å². The monoisotopic (exact) mass is 308 g/mol. The Morgan fingerprint density at radius 3 is 2.43 bits per heavy atom. The van der Waals surface area contributed by atoms with Crippen molar-refractivity contribution < 1.29 is 4.79 Å². The zero-order chi connectivity index (χ0) is 16.8. The Morgan fingerprint density at radius 1 is 1.17 bits per heavy atom. The van der Waals surface area contributed by atoms with Gasteiger partial charge < -0.3 is 16.8 Å². The quantitative estimate of drug-likeness (QED) is 0.283. The van der Waals surface area contributed by atoms with Crippen molar-refractivity contribution in [3.8, 4) is 0 Å². The molecule has 0 saturated carbocycles. The molecule has 0 radical (unpaired) electrons. The standard InChI is InChI=1S/C18H20N4O/c1-22-18(13-8-5-9-14(19)10-13)16(15(20)11-23)17(21)12-6-3-2-4-7-12/h2-11,18,21-22H,19-20H2,1H3/b16-15+,21-17?. The second kappa shape index (κ2) is 7.38. The van der Waals surface area contributed by atoms with Gasteiger partial charge >= 0.3 is 0 Å². The van der Waals surface area contributed by atoms with E-state index in [0.717, 1.165) is 5.56 Å². The third-order valence-corrected chi connectivity index (χ3v) is 3.59. The van der Waals surface area contributed by atoms with E-state index < -0.39 is 6.04 Å². The lowest BCUT2D eigenvalue weighted by Crippen LogP contribution is -2.27. The molecule has 5 nitrogen and oxygen atoms in total. The van der Waals surface area contributed by atoms with Gasteiger partial charge in [0.15, 0.2) is 6.29 Å². The van der Waals surface area contributed by atoms with E-state index in [0.29, 0.717) is 23.1 Å². The molecule has 118 valence electrons. The van der Waals surface area contributed by atoms with Crippen LogP contribution in [0.1, 0.15) is 17.2 Å². The van der Waals surface area contributed by atoms with Crippen molar-refractivity contribution >= 4 is 17.7 Å². The molecule has 6 N–H and O–H groups in total. The summed E-state index contributed by atoms with van der Waals surface area (Å²) in [7, 11) is 1.75. The maximum atomic E-state index is 11.3. The number of nitrogens with two attached hydrogens (primary N) is 2. The number of nitrogen functional groups attached to an aromatic ring is 1. The molecule has 0 aliphatic rings. The molecule has 0 aliphatic carbocycles. The van der Waals surface area contributed by atoms with Gasteiger partial charge in [0.25, 0.3) is 0 Å². The third kappa shape index (κ3) is 3.64. The molecule has 0 aromatic heterocycles. The van der Waals surface area contributed by atoms with E-state index in [1.807, 2.05) is 42.5 Å². The number of allylic oxidation sites excluding steroid dienone is 1. The van der Waals surface area contributed by atoms with Gasteiger partial charge in [-0.15, -0.1) is 0 Å². The average molecular weight is 308 g/mol. The average Bonchev–Trinajstić information content (AvgIpc) is 2.59. The predicted octanol–water partition coefficient (Wildman–Crippen LogP) is 2.01. The van der Waals surface area contributed by atoms with Crippen LogP contribution in [-0.2, 0) is 4.79 Å². The number of anilines is 1. The minimum absolute atomic E-state index is 0.0284. The molecule has 0 spiro atoms. The van der Waals surface area contributed by atoms with Crippen LogP contribution in [-0.4, -0.2) is 19.0 Å². The molecule has 0 bridgehead atoms. The molecule has 2 rings (SSSR count). The van der Waals surface area contributed by atoms with Gasteiger partial charge in [-0.2, -0.15) is 0 Å². The zero-order valence-electron chi connectivity index (χ0n) is 12.9. The number of carbonyl (C=O) groups is 1. The first-order valence-electron chi connectivity index (χ1n) is 7.20. The van der Waals surface area contributed by atoms with Crippen LogP contribution in [0, 0.1) is 5.41 Å². The zero-order valence-corrected chi connectivity index (χ0v) is 12.9. The molecule has 23 heavy (non-hydrogen) atoms. The molecule has 2 aromatic carbocycles. The minimum Gasteiger partial charge on any atom is -0.399 e. The molecular formula is C18H20N4O. The summed E-state index contributed by atoms with van der Waals surface area (Å²) in [5.74, 6) is 0. The van der Waals surface area contributed by atoms with Crippen molar-refractivity contribution in [1.29, 1.82) is 5.41 Å². The molecular weight excluding hydrogens is 288 g/mol. The summed E-state index contributed by atoms with van der Waals surface area (Å²) in [6.07, 6.45) is 0.573. The topological polar surface area (TPSA) is 105 Å². The molecule has 0 saturated heterocycles. The first kappa shape index (κ1) is 16.5. The van der Waals surface area contributed by atoms with Crippen LogP contribution in [0.3, 0.4) is 0 Å². The summed E-state index contributed by atoms with van der Waals surface area (Å²) in [4.78, 5) is 11.3. The van der Waals surface area contributed by atoms with E-state index in [1.165, 1.54) is 0 Å². The van der Waals surface area contributed by atoms with Crippen molar-refractivity contribution in [2.75, 3.05) is 12.8 Å².